The van der Waals surface area contributed by atoms with Gasteiger partial charge in [0.1, 0.15) is 11.5 Å². The summed E-state index contributed by atoms with van der Waals surface area (Å²) >= 11 is 0. The molecule has 0 saturated carbocycles. The van der Waals surface area contributed by atoms with Crippen molar-refractivity contribution in [2.75, 3.05) is 34.4 Å². The second kappa shape index (κ2) is 7.03. The van der Waals surface area contributed by atoms with Crippen LogP contribution in [-0.2, 0) is 18.3 Å². The van der Waals surface area contributed by atoms with Gasteiger partial charge in [-0.05, 0) is 73.8 Å². The number of methoxy groups -OCH3 is 2. The van der Waals surface area contributed by atoms with Crippen LogP contribution in [0.4, 0.5) is 0 Å². The van der Waals surface area contributed by atoms with Crippen molar-refractivity contribution in [1.29, 1.82) is 0 Å². The van der Waals surface area contributed by atoms with E-state index in [-0.39, 0.29) is 5.41 Å². The van der Waals surface area contributed by atoms with Crippen molar-refractivity contribution in [3.8, 4) is 11.5 Å². The molecule has 1 saturated heterocycles. The number of hydrogen-bond donors (Lipinski definition) is 0. The molecule has 1 aliphatic carbocycles. The highest BCUT2D eigenvalue weighted by molar-refractivity contribution is 5.86. The van der Waals surface area contributed by atoms with Crippen molar-refractivity contribution in [3.05, 3.63) is 65.4 Å². The molecule has 0 amide bonds. The Balaban J connectivity index is 1.65. The molecule has 3 aromatic rings. The maximum Gasteiger partial charge on any atom is 0.128 e. The fourth-order valence-electron chi connectivity index (χ4n) is 5.47. The summed E-state index contributed by atoms with van der Waals surface area (Å²) in [5.74, 6) is 2.41. The molecule has 0 N–H and O–H groups in total. The van der Waals surface area contributed by atoms with E-state index in [4.69, 9.17) is 14.5 Å². The topological polar surface area (TPSA) is 34.6 Å². The van der Waals surface area contributed by atoms with Crippen LogP contribution in [-0.4, -0.2) is 44.2 Å². The molecular formula is C25H28N2O2. The first-order valence-electron chi connectivity index (χ1n) is 10.4. The van der Waals surface area contributed by atoms with Gasteiger partial charge in [-0.2, -0.15) is 0 Å². The summed E-state index contributed by atoms with van der Waals surface area (Å²) in [6.07, 6.45) is 3.19. The predicted molar refractivity (Wildman–Crippen MR) is 116 cm³/mol. The zero-order chi connectivity index (χ0) is 20.0. The molecule has 0 unspecified atom stereocenters. The zero-order valence-corrected chi connectivity index (χ0v) is 17.4. The van der Waals surface area contributed by atoms with Gasteiger partial charge in [0.25, 0.3) is 0 Å². The molecular weight excluding hydrogens is 360 g/mol. The molecule has 5 rings (SSSR count). The van der Waals surface area contributed by atoms with Gasteiger partial charge in [0, 0.05) is 29.5 Å². The number of aromatic nitrogens is 1. The fourth-order valence-corrected chi connectivity index (χ4v) is 5.47. The fraction of sp³-hybridized carbons (Fsp3) is 0.400. The lowest BCUT2D eigenvalue weighted by Gasteiger charge is -2.50. The third-order valence-electron chi connectivity index (χ3n) is 7.05. The van der Waals surface area contributed by atoms with Gasteiger partial charge < -0.3 is 14.4 Å². The lowest BCUT2D eigenvalue weighted by atomic mass is 9.58. The van der Waals surface area contributed by atoms with Crippen molar-refractivity contribution in [2.45, 2.75) is 24.7 Å². The molecule has 2 atom stereocenters. The number of likely N-dealkylation sites (tertiary alicyclic amines) is 1. The second-order valence-electron chi connectivity index (χ2n) is 8.60. The van der Waals surface area contributed by atoms with Crippen LogP contribution in [0.3, 0.4) is 0 Å². The summed E-state index contributed by atoms with van der Waals surface area (Å²) < 4.78 is 11.2. The van der Waals surface area contributed by atoms with E-state index in [1.54, 1.807) is 14.2 Å². The molecule has 1 aromatic heterocycles. The van der Waals surface area contributed by atoms with Crippen molar-refractivity contribution in [1.82, 2.24) is 9.88 Å². The van der Waals surface area contributed by atoms with Crippen LogP contribution >= 0.6 is 0 Å². The van der Waals surface area contributed by atoms with Gasteiger partial charge >= 0.3 is 0 Å². The largest absolute Gasteiger partial charge is 0.497 e. The standard InChI is InChI=1S/C25H28N2O2/c1-27-11-10-25(18-6-4-7-20(14-18)28-2)15-23-17(12-19(25)16-27)13-21-22(26-23)8-5-9-24(21)29-3/h4-9,13-14,19H,10-12,15-16H2,1-3H3/t19-,25-/m0/s1. The zero-order valence-electron chi connectivity index (χ0n) is 17.4. The van der Waals surface area contributed by atoms with Gasteiger partial charge in [-0.25, -0.2) is 0 Å². The third-order valence-corrected chi connectivity index (χ3v) is 7.05. The van der Waals surface area contributed by atoms with Gasteiger partial charge in [0.05, 0.1) is 19.7 Å². The molecule has 2 aliphatic rings. The number of hydrogen-bond acceptors (Lipinski definition) is 4. The first kappa shape index (κ1) is 18.4. The second-order valence-corrected chi connectivity index (χ2v) is 8.60. The summed E-state index contributed by atoms with van der Waals surface area (Å²) in [5, 5.41) is 1.12. The van der Waals surface area contributed by atoms with E-state index >= 15 is 0 Å². The Morgan fingerprint density at radius 1 is 1.07 bits per heavy atom. The number of benzene rings is 2. The van der Waals surface area contributed by atoms with Gasteiger partial charge in [-0.1, -0.05) is 18.2 Å². The summed E-state index contributed by atoms with van der Waals surface area (Å²) in [7, 11) is 5.73. The minimum atomic E-state index is 0.119. The normalized spacial score (nSPS) is 24.0. The number of pyridine rings is 1. The van der Waals surface area contributed by atoms with E-state index in [2.05, 4.69) is 42.3 Å². The summed E-state index contributed by atoms with van der Waals surface area (Å²) in [4.78, 5) is 7.60. The Bertz CT molecular complexity index is 1060. The van der Waals surface area contributed by atoms with E-state index in [9.17, 15) is 0 Å². The van der Waals surface area contributed by atoms with Crippen LogP contribution in [0.2, 0.25) is 0 Å². The average Bonchev–Trinajstić information content (AvgIpc) is 2.76. The molecule has 4 heteroatoms. The van der Waals surface area contributed by atoms with Crippen LogP contribution in [0.15, 0.2) is 48.5 Å². The number of piperidine rings is 1. The minimum absolute atomic E-state index is 0.119. The van der Waals surface area contributed by atoms with Crippen molar-refractivity contribution < 1.29 is 9.47 Å². The molecule has 1 aliphatic heterocycles. The monoisotopic (exact) mass is 388 g/mol. The van der Waals surface area contributed by atoms with Crippen molar-refractivity contribution in [2.24, 2.45) is 5.92 Å². The van der Waals surface area contributed by atoms with E-state index in [1.165, 1.54) is 16.8 Å². The highest BCUT2D eigenvalue weighted by atomic mass is 16.5. The van der Waals surface area contributed by atoms with E-state index < -0.39 is 0 Å². The summed E-state index contributed by atoms with van der Waals surface area (Å²) in [6, 6.07) is 17.2. The molecule has 150 valence electrons. The maximum atomic E-state index is 5.59. The first-order valence-corrected chi connectivity index (χ1v) is 10.4. The Kier molecular flexibility index (Phi) is 4.47. The molecule has 29 heavy (non-hydrogen) atoms. The highest BCUT2D eigenvalue weighted by Gasteiger charge is 2.47. The quantitative estimate of drug-likeness (QED) is 0.672. The number of fused-ring (bicyclic) bond motifs is 3. The Hall–Kier alpha value is -2.59. The first-order chi connectivity index (χ1) is 14.1. The van der Waals surface area contributed by atoms with Gasteiger partial charge in [0.2, 0.25) is 0 Å². The molecule has 4 nitrogen and oxygen atoms in total. The molecule has 0 radical (unpaired) electrons. The third kappa shape index (κ3) is 2.98. The van der Waals surface area contributed by atoms with Crippen LogP contribution in [0.25, 0.3) is 10.9 Å². The average molecular weight is 389 g/mol. The summed E-state index contributed by atoms with van der Waals surface area (Å²) in [6.45, 7) is 2.23. The molecule has 2 heterocycles. The minimum Gasteiger partial charge on any atom is -0.497 e. The maximum absolute atomic E-state index is 5.59. The van der Waals surface area contributed by atoms with E-state index in [0.29, 0.717) is 5.92 Å². The lowest BCUT2D eigenvalue weighted by molar-refractivity contribution is 0.0987. The van der Waals surface area contributed by atoms with Crippen LogP contribution in [0, 0.1) is 5.92 Å². The van der Waals surface area contributed by atoms with E-state index in [0.717, 1.165) is 54.8 Å². The smallest absolute Gasteiger partial charge is 0.128 e. The molecule has 1 fully saturated rings. The Labute approximate surface area is 172 Å². The Morgan fingerprint density at radius 2 is 1.93 bits per heavy atom. The van der Waals surface area contributed by atoms with Gasteiger partial charge in [-0.15, -0.1) is 0 Å². The summed E-state index contributed by atoms with van der Waals surface area (Å²) in [5.41, 5.74) is 5.16. The number of ether oxygens (including phenoxy) is 2. The van der Waals surface area contributed by atoms with Gasteiger partial charge in [-0.3, -0.25) is 4.98 Å². The van der Waals surface area contributed by atoms with Gasteiger partial charge in [0.15, 0.2) is 0 Å². The van der Waals surface area contributed by atoms with Crippen LogP contribution in [0.5, 0.6) is 11.5 Å². The van der Waals surface area contributed by atoms with E-state index in [1.807, 2.05) is 18.2 Å². The van der Waals surface area contributed by atoms with Crippen molar-refractivity contribution in [3.63, 3.8) is 0 Å². The number of rotatable bonds is 3. The predicted octanol–water partition coefficient (Wildman–Crippen LogP) is 4.24. The van der Waals surface area contributed by atoms with Crippen molar-refractivity contribution >= 4 is 10.9 Å². The lowest BCUT2D eigenvalue weighted by Crippen LogP contribution is -2.53. The van der Waals surface area contributed by atoms with Crippen LogP contribution < -0.4 is 9.47 Å². The Morgan fingerprint density at radius 3 is 2.76 bits per heavy atom. The highest BCUT2D eigenvalue weighted by Crippen LogP contribution is 2.48. The number of nitrogens with zero attached hydrogens (tertiary/aromatic N) is 2. The van der Waals surface area contributed by atoms with Crippen LogP contribution in [0.1, 0.15) is 23.2 Å². The molecule has 0 spiro atoms. The molecule has 2 aromatic carbocycles. The SMILES string of the molecule is COc1cccc([C@@]23CCN(C)C[C@@H]2Cc2cc4c(OC)cccc4nc2C3)c1. The molecule has 0 bridgehead atoms.